The van der Waals surface area contributed by atoms with Gasteiger partial charge in [-0.25, -0.2) is 17.8 Å². The van der Waals surface area contributed by atoms with Gasteiger partial charge >= 0.3 is 0 Å². The molecule has 0 aliphatic heterocycles. The van der Waals surface area contributed by atoms with Crippen LogP contribution in [0.3, 0.4) is 0 Å². The summed E-state index contributed by atoms with van der Waals surface area (Å²) in [5.41, 5.74) is 2.02. The van der Waals surface area contributed by atoms with Crippen molar-refractivity contribution < 1.29 is 12.8 Å². The fourth-order valence-corrected chi connectivity index (χ4v) is 3.34. The zero-order valence-electron chi connectivity index (χ0n) is 14.0. The highest BCUT2D eigenvalue weighted by Crippen LogP contribution is 2.18. The molecule has 0 amide bonds. The minimum absolute atomic E-state index is 0.0167. The van der Waals surface area contributed by atoms with Gasteiger partial charge in [-0.2, -0.15) is 0 Å². The lowest BCUT2D eigenvalue weighted by Crippen LogP contribution is -2.14. The molecule has 0 aliphatic carbocycles. The van der Waals surface area contributed by atoms with Crippen molar-refractivity contribution in [2.24, 2.45) is 0 Å². The number of hydrogen-bond acceptors (Lipinski definition) is 5. The third-order valence-corrected chi connectivity index (χ3v) is 5.01. The van der Waals surface area contributed by atoms with Crippen LogP contribution in [0, 0.1) is 12.7 Å². The van der Waals surface area contributed by atoms with E-state index in [0.717, 1.165) is 17.3 Å². The molecule has 2 aromatic heterocycles. The van der Waals surface area contributed by atoms with Crippen LogP contribution in [0.4, 0.5) is 15.9 Å². The predicted molar refractivity (Wildman–Crippen MR) is 97.7 cm³/mol. The first-order valence-corrected chi connectivity index (χ1v) is 9.30. The second-order valence-electron chi connectivity index (χ2n) is 5.66. The van der Waals surface area contributed by atoms with E-state index in [9.17, 15) is 12.8 Å². The van der Waals surface area contributed by atoms with Gasteiger partial charge in [-0.3, -0.25) is 9.71 Å². The third-order valence-electron chi connectivity index (χ3n) is 3.66. The van der Waals surface area contributed by atoms with Crippen LogP contribution in [-0.2, 0) is 16.6 Å². The van der Waals surface area contributed by atoms with E-state index in [0.29, 0.717) is 6.54 Å². The van der Waals surface area contributed by atoms with E-state index < -0.39 is 15.8 Å². The summed E-state index contributed by atoms with van der Waals surface area (Å²) < 4.78 is 40.4. The second kappa shape index (κ2) is 7.49. The Morgan fingerprint density at radius 1 is 1.12 bits per heavy atom. The number of aromatic nitrogens is 2. The molecule has 0 unspecified atom stereocenters. The maximum absolute atomic E-state index is 13.3. The molecule has 0 atom stereocenters. The van der Waals surface area contributed by atoms with Crippen molar-refractivity contribution in [3.8, 4) is 0 Å². The molecule has 0 fully saturated rings. The van der Waals surface area contributed by atoms with Crippen LogP contribution in [0.5, 0.6) is 0 Å². The van der Waals surface area contributed by atoms with Gasteiger partial charge in [0.15, 0.2) is 0 Å². The number of nitrogens with one attached hydrogen (secondary N) is 2. The zero-order valence-corrected chi connectivity index (χ0v) is 14.8. The smallest absolute Gasteiger partial charge is 0.263 e. The van der Waals surface area contributed by atoms with Gasteiger partial charge in [0, 0.05) is 18.9 Å². The van der Waals surface area contributed by atoms with E-state index in [-0.39, 0.29) is 16.3 Å². The van der Waals surface area contributed by atoms with Gasteiger partial charge in [0.05, 0.1) is 16.8 Å². The molecule has 0 radical (unpaired) electrons. The molecule has 6 nitrogen and oxygen atoms in total. The Morgan fingerprint density at radius 3 is 2.62 bits per heavy atom. The van der Waals surface area contributed by atoms with Crippen molar-refractivity contribution in [1.82, 2.24) is 9.97 Å². The molecule has 0 bridgehead atoms. The fourth-order valence-electron chi connectivity index (χ4n) is 2.25. The van der Waals surface area contributed by atoms with Crippen molar-refractivity contribution in [1.29, 1.82) is 0 Å². The van der Waals surface area contributed by atoms with E-state index in [1.165, 1.54) is 25.3 Å². The number of rotatable bonds is 6. The van der Waals surface area contributed by atoms with Crippen molar-refractivity contribution in [2.75, 3.05) is 10.0 Å². The SMILES string of the molecule is Cc1cc(S(=O)(=O)Nc2ccc(NCc3cccnc3)cn2)ccc1F. The number of hydrogen-bond donors (Lipinski definition) is 2. The Bertz CT molecular complexity index is 993. The minimum Gasteiger partial charge on any atom is -0.380 e. The van der Waals surface area contributed by atoms with Crippen LogP contribution in [0.25, 0.3) is 0 Å². The van der Waals surface area contributed by atoms with Gasteiger partial charge in [-0.05, 0) is 54.4 Å². The molecule has 0 spiro atoms. The fraction of sp³-hybridized carbons (Fsp3) is 0.111. The minimum atomic E-state index is -3.83. The van der Waals surface area contributed by atoms with Crippen molar-refractivity contribution >= 4 is 21.5 Å². The van der Waals surface area contributed by atoms with Gasteiger partial charge in [0.25, 0.3) is 10.0 Å². The first-order valence-electron chi connectivity index (χ1n) is 7.82. The van der Waals surface area contributed by atoms with Crippen LogP contribution in [0.2, 0.25) is 0 Å². The molecule has 0 saturated heterocycles. The number of halogens is 1. The Morgan fingerprint density at radius 2 is 1.96 bits per heavy atom. The Labute approximate surface area is 151 Å². The lowest BCUT2D eigenvalue weighted by atomic mass is 10.2. The number of anilines is 2. The van der Waals surface area contributed by atoms with Crippen molar-refractivity contribution in [3.05, 3.63) is 78.0 Å². The second-order valence-corrected chi connectivity index (χ2v) is 7.35. The highest BCUT2D eigenvalue weighted by atomic mass is 32.2. The molecule has 3 rings (SSSR count). The molecule has 8 heteroatoms. The normalized spacial score (nSPS) is 11.2. The molecule has 3 aromatic rings. The zero-order chi connectivity index (χ0) is 18.6. The van der Waals surface area contributed by atoms with E-state index in [2.05, 4.69) is 20.0 Å². The van der Waals surface area contributed by atoms with Crippen LogP contribution in [-0.4, -0.2) is 18.4 Å². The molecule has 2 N–H and O–H groups in total. The molecule has 0 aliphatic rings. The summed E-state index contributed by atoms with van der Waals surface area (Å²) in [6.07, 6.45) is 4.99. The molecule has 0 saturated carbocycles. The Hall–Kier alpha value is -3.00. The number of nitrogens with zero attached hydrogens (tertiary/aromatic N) is 2. The largest absolute Gasteiger partial charge is 0.380 e. The van der Waals surface area contributed by atoms with E-state index in [1.54, 1.807) is 24.5 Å². The van der Waals surface area contributed by atoms with E-state index in [1.807, 2.05) is 12.1 Å². The summed E-state index contributed by atoms with van der Waals surface area (Å²) >= 11 is 0. The molecule has 2 heterocycles. The first-order chi connectivity index (χ1) is 12.4. The van der Waals surface area contributed by atoms with Gasteiger partial charge in [0.2, 0.25) is 0 Å². The number of aryl methyl sites for hydroxylation is 1. The van der Waals surface area contributed by atoms with Gasteiger partial charge < -0.3 is 5.32 Å². The van der Waals surface area contributed by atoms with Gasteiger partial charge in [-0.15, -0.1) is 0 Å². The molecule has 26 heavy (non-hydrogen) atoms. The number of pyridine rings is 2. The van der Waals surface area contributed by atoms with Crippen LogP contribution < -0.4 is 10.0 Å². The Kier molecular flexibility index (Phi) is 5.13. The third kappa shape index (κ3) is 4.34. The highest BCUT2D eigenvalue weighted by molar-refractivity contribution is 7.92. The monoisotopic (exact) mass is 372 g/mol. The summed E-state index contributed by atoms with van der Waals surface area (Å²) in [6.45, 7) is 2.09. The topological polar surface area (TPSA) is 84.0 Å². The van der Waals surface area contributed by atoms with Crippen molar-refractivity contribution in [2.45, 2.75) is 18.4 Å². The standard InChI is InChI=1S/C18H17FN4O2S/c1-13-9-16(5-6-17(13)19)26(24,25)23-18-7-4-15(12-22-18)21-11-14-3-2-8-20-10-14/h2-10,12,21H,11H2,1H3,(H,22,23). The van der Waals surface area contributed by atoms with E-state index >= 15 is 0 Å². The summed E-state index contributed by atoms with van der Waals surface area (Å²) in [4.78, 5) is 8.12. The maximum atomic E-state index is 13.3. The van der Waals surface area contributed by atoms with Gasteiger partial charge in [0.1, 0.15) is 11.6 Å². The quantitative estimate of drug-likeness (QED) is 0.693. The summed E-state index contributed by atoms with van der Waals surface area (Å²) in [6, 6.07) is 10.7. The molecule has 134 valence electrons. The first kappa shape index (κ1) is 17.8. The Balaban J connectivity index is 1.67. The van der Waals surface area contributed by atoms with E-state index in [4.69, 9.17) is 0 Å². The predicted octanol–water partition coefficient (Wildman–Crippen LogP) is 3.34. The van der Waals surface area contributed by atoms with Crippen molar-refractivity contribution in [3.63, 3.8) is 0 Å². The maximum Gasteiger partial charge on any atom is 0.263 e. The number of sulfonamides is 1. The van der Waals surface area contributed by atoms with Crippen LogP contribution >= 0.6 is 0 Å². The van der Waals surface area contributed by atoms with Crippen LogP contribution in [0.1, 0.15) is 11.1 Å². The molecular formula is C18H17FN4O2S. The summed E-state index contributed by atoms with van der Waals surface area (Å²) in [5, 5.41) is 3.17. The average molecular weight is 372 g/mol. The van der Waals surface area contributed by atoms with Crippen LogP contribution in [0.15, 0.2) is 66.0 Å². The number of benzene rings is 1. The lowest BCUT2D eigenvalue weighted by Gasteiger charge is -2.10. The average Bonchev–Trinajstić information content (AvgIpc) is 2.64. The summed E-state index contributed by atoms with van der Waals surface area (Å²) in [5.74, 6) is -0.273. The summed E-state index contributed by atoms with van der Waals surface area (Å²) in [7, 11) is -3.83. The van der Waals surface area contributed by atoms with Gasteiger partial charge in [-0.1, -0.05) is 6.07 Å². The highest BCUT2D eigenvalue weighted by Gasteiger charge is 2.16. The molecular weight excluding hydrogens is 355 g/mol. The molecule has 1 aromatic carbocycles. The lowest BCUT2D eigenvalue weighted by molar-refractivity contribution is 0.598.